The summed E-state index contributed by atoms with van der Waals surface area (Å²) in [6.45, 7) is 4.58. The first-order valence-electron chi connectivity index (χ1n) is 27.0. The van der Waals surface area contributed by atoms with Gasteiger partial charge in [-0.05, 0) is 77.3 Å². The number of aliphatic carboxylic acids is 2. The van der Waals surface area contributed by atoms with Crippen molar-refractivity contribution in [1.82, 2.24) is 49.7 Å². The number of amides is 7. The van der Waals surface area contributed by atoms with Gasteiger partial charge < -0.3 is 66.2 Å². The van der Waals surface area contributed by atoms with Crippen LogP contribution in [-0.4, -0.2) is 231 Å². The Morgan fingerprint density at radius 3 is 1.51 bits per heavy atom. The Balaban J connectivity index is 0.966. The molecule has 0 unspecified atom stereocenters. The molecule has 25 heteroatoms. The maximum atomic E-state index is 14.1. The van der Waals surface area contributed by atoms with Crippen LogP contribution in [0.25, 0.3) is 0 Å². The van der Waals surface area contributed by atoms with Crippen LogP contribution < -0.4 is 26.6 Å². The van der Waals surface area contributed by atoms with Crippen LogP contribution >= 0.6 is 0 Å². The second-order valence-corrected chi connectivity index (χ2v) is 20.1. The summed E-state index contributed by atoms with van der Waals surface area (Å²) in [5, 5.41) is 21.4. The number of aromatic nitrogens is 3. The number of unbranched alkanes of at least 4 members (excludes halogenated alkanes) is 9. The van der Waals surface area contributed by atoms with Crippen LogP contribution in [0, 0.1) is 0 Å². The van der Waals surface area contributed by atoms with Gasteiger partial charge in [-0.25, -0.2) is 9.97 Å². The van der Waals surface area contributed by atoms with E-state index in [-0.39, 0.29) is 68.3 Å². The third kappa shape index (κ3) is 17.4. The average molecular weight is 1060 g/mol. The van der Waals surface area contributed by atoms with E-state index < -0.39 is 47.9 Å². The highest BCUT2D eigenvalue weighted by Crippen LogP contribution is 2.25. The molecule has 4 fully saturated rings. The minimum Gasteiger partial charge on any atom is -0.481 e. The quantitative estimate of drug-likeness (QED) is 0.0604. The van der Waals surface area contributed by atoms with Crippen molar-refractivity contribution < 1.29 is 53.4 Å². The predicted molar refractivity (Wildman–Crippen MR) is 276 cm³/mol. The molecule has 75 heavy (non-hydrogen) atoms. The fourth-order valence-electron chi connectivity index (χ4n) is 10.2. The van der Waals surface area contributed by atoms with Crippen LogP contribution in [0.1, 0.15) is 122 Å². The first kappa shape index (κ1) is 59.6. The Kier molecular flexibility index (Phi) is 24.1. The van der Waals surface area contributed by atoms with Gasteiger partial charge in [0, 0.05) is 92.3 Å². The predicted octanol–water partition coefficient (Wildman–Crippen LogP) is -0.141. The average Bonchev–Trinajstić information content (AvgIpc) is 3.40. The molecule has 7 amide bonds. The number of piperazine rings is 4. The van der Waals surface area contributed by atoms with Gasteiger partial charge in [-0.1, -0.05) is 38.5 Å². The summed E-state index contributed by atoms with van der Waals surface area (Å²) in [6, 6.07) is -3.60. The summed E-state index contributed by atoms with van der Waals surface area (Å²) in [4.78, 5) is 142. The lowest BCUT2D eigenvalue weighted by molar-refractivity contribution is -0.161. The van der Waals surface area contributed by atoms with Crippen LogP contribution in [-0.2, 0) is 43.2 Å². The molecule has 4 aliphatic rings. The first-order chi connectivity index (χ1) is 36.1. The normalized spacial score (nSPS) is 19.5. The standard InChI is InChI=1S/C50H82N14O11/c1-57-37(18-20-43(68)69)47(74)63(33-41(57)66)36(15-10-12-22-51)45(72)53-24-14-8-6-4-3-5-7-9-17-40(65)59-25-29-61(30-26-59)49-54-35-55-50(56-49)62-31-27-60(28-32-62)46(73)39(16-11-13-23-52)64-34-42(67)58(2)38(48(64)75)19-21-44(70)71/h35-39H,3-34,51-52H2,1-2H3,(H,53,72)(H,68,69)(H,70,71)/t36-,37-,38-,39-/m0/s1. The molecule has 5 heterocycles. The number of nitrogens with zero attached hydrogens (tertiary/aromatic N) is 11. The highest BCUT2D eigenvalue weighted by Gasteiger charge is 2.45. The lowest BCUT2D eigenvalue weighted by atomic mass is 10.00. The van der Waals surface area contributed by atoms with Crippen molar-refractivity contribution >= 4 is 65.2 Å². The summed E-state index contributed by atoms with van der Waals surface area (Å²) in [5.74, 6) is -3.12. The van der Waals surface area contributed by atoms with Crippen molar-refractivity contribution in [2.75, 3.05) is 109 Å². The van der Waals surface area contributed by atoms with Gasteiger partial charge >= 0.3 is 11.9 Å². The van der Waals surface area contributed by atoms with E-state index in [9.17, 15) is 48.3 Å². The minimum atomic E-state index is -1.07. The van der Waals surface area contributed by atoms with E-state index in [1.807, 2.05) is 14.7 Å². The fourth-order valence-corrected chi connectivity index (χ4v) is 10.2. The molecule has 25 nitrogen and oxygen atoms in total. The Morgan fingerprint density at radius 2 is 1.03 bits per heavy atom. The number of hydrogen-bond donors (Lipinski definition) is 5. The summed E-state index contributed by atoms with van der Waals surface area (Å²) in [6.07, 6.45) is 12.1. The molecule has 0 radical (unpaired) electrons. The van der Waals surface area contributed by atoms with Gasteiger partial charge in [0.2, 0.25) is 53.2 Å². The van der Waals surface area contributed by atoms with Crippen molar-refractivity contribution in [3.05, 3.63) is 6.33 Å². The summed E-state index contributed by atoms with van der Waals surface area (Å²) in [5.41, 5.74) is 11.4. The van der Waals surface area contributed by atoms with E-state index in [2.05, 4.69) is 15.3 Å². The molecule has 4 saturated heterocycles. The third-order valence-corrected chi connectivity index (χ3v) is 14.9. The molecule has 1 aromatic heterocycles. The maximum absolute atomic E-state index is 14.1. The monoisotopic (exact) mass is 1050 g/mol. The first-order valence-corrected chi connectivity index (χ1v) is 27.0. The zero-order chi connectivity index (χ0) is 54.4. The molecule has 0 spiro atoms. The smallest absolute Gasteiger partial charge is 0.303 e. The molecule has 4 aliphatic heterocycles. The van der Waals surface area contributed by atoms with Crippen LogP contribution in [0.5, 0.6) is 0 Å². The highest BCUT2D eigenvalue weighted by molar-refractivity contribution is 5.99. The summed E-state index contributed by atoms with van der Waals surface area (Å²) < 4.78 is 0. The minimum absolute atomic E-state index is 0.0219. The Bertz CT molecular complexity index is 2100. The molecule has 5 rings (SSSR count). The molecular weight excluding hydrogens is 973 g/mol. The van der Waals surface area contributed by atoms with Gasteiger partial charge in [0.05, 0.1) is 0 Å². The van der Waals surface area contributed by atoms with Crippen LogP contribution in [0.2, 0.25) is 0 Å². The van der Waals surface area contributed by atoms with E-state index in [0.29, 0.717) is 129 Å². The number of hydrogen-bond acceptors (Lipinski definition) is 16. The molecule has 1 aromatic rings. The molecular formula is C50H82N14O11. The van der Waals surface area contributed by atoms with Crippen molar-refractivity contribution in [2.45, 2.75) is 146 Å². The van der Waals surface area contributed by atoms with Gasteiger partial charge in [0.15, 0.2) is 0 Å². The van der Waals surface area contributed by atoms with Crippen LogP contribution in [0.3, 0.4) is 0 Å². The van der Waals surface area contributed by atoms with E-state index in [4.69, 9.17) is 21.6 Å². The Hall–Kier alpha value is -6.24. The summed E-state index contributed by atoms with van der Waals surface area (Å²) in [7, 11) is 2.97. The van der Waals surface area contributed by atoms with E-state index >= 15 is 0 Å². The Morgan fingerprint density at radius 1 is 0.587 bits per heavy atom. The fraction of sp³-hybridized carbons (Fsp3) is 0.760. The number of rotatable bonds is 31. The number of nitrogens with one attached hydrogen (secondary N) is 1. The van der Waals surface area contributed by atoms with E-state index in [1.165, 1.54) is 40.0 Å². The molecule has 0 aliphatic carbocycles. The van der Waals surface area contributed by atoms with Crippen molar-refractivity contribution in [1.29, 1.82) is 0 Å². The van der Waals surface area contributed by atoms with Crippen molar-refractivity contribution in [2.24, 2.45) is 11.5 Å². The topological polar surface area (TPSA) is 323 Å². The molecule has 418 valence electrons. The van der Waals surface area contributed by atoms with Gasteiger partial charge in [0.1, 0.15) is 43.6 Å². The Labute approximate surface area is 440 Å². The number of anilines is 2. The number of carboxylic acids is 2. The van der Waals surface area contributed by atoms with Gasteiger partial charge in [-0.2, -0.15) is 4.98 Å². The number of carbonyl (C=O) groups excluding carboxylic acids is 7. The van der Waals surface area contributed by atoms with Crippen molar-refractivity contribution in [3.63, 3.8) is 0 Å². The maximum Gasteiger partial charge on any atom is 0.303 e. The lowest BCUT2D eigenvalue weighted by Crippen LogP contribution is -2.64. The zero-order valence-corrected chi connectivity index (χ0v) is 44.2. The second kappa shape index (κ2) is 30.3. The number of carbonyl (C=O) groups is 9. The van der Waals surface area contributed by atoms with Gasteiger partial charge in [0.25, 0.3) is 0 Å². The van der Waals surface area contributed by atoms with E-state index in [0.717, 1.165) is 51.4 Å². The van der Waals surface area contributed by atoms with Crippen LogP contribution in [0.15, 0.2) is 6.33 Å². The second-order valence-electron chi connectivity index (χ2n) is 20.1. The zero-order valence-electron chi connectivity index (χ0n) is 44.2. The molecule has 0 saturated carbocycles. The number of likely N-dealkylation sites (N-methyl/N-ethyl adjacent to an activating group) is 2. The van der Waals surface area contributed by atoms with Gasteiger partial charge in [-0.15, -0.1) is 0 Å². The largest absolute Gasteiger partial charge is 0.481 e. The molecule has 4 atom stereocenters. The highest BCUT2D eigenvalue weighted by atomic mass is 16.4. The van der Waals surface area contributed by atoms with Crippen molar-refractivity contribution in [3.8, 4) is 0 Å². The third-order valence-electron chi connectivity index (χ3n) is 14.9. The number of nitrogens with two attached hydrogens (primary N) is 2. The van der Waals surface area contributed by atoms with E-state index in [1.54, 1.807) is 4.90 Å². The molecule has 0 aromatic carbocycles. The molecule has 0 bridgehead atoms. The number of carboxylic acid groups (broad SMARTS) is 2. The SMILES string of the molecule is CN1C(=O)CN([C@@H](CCCCN)C(=O)NCCCCCCCCCCC(=O)N2CCN(c3ncnc(N4CCN(C(=O)[C@H](CCCCN)N5CC(=O)N(C)[C@@H](CCC(=O)O)C5=O)CC4)n3)CC2)C(=O)[C@@H]1CCC(=O)O. The lowest BCUT2D eigenvalue weighted by Gasteiger charge is -2.43. The van der Waals surface area contributed by atoms with Crippen LogP contribution in [0.4, 0.5) is 11.9 Å². The molecule has 7 N–H and O–H groups in total. The van der Waals surface area contributed by atoms with Gasteiger partial charge in [-0.3, -0.25) is 43.2 Å². The summed E-state index contributed by atoms with van der Waals surface area (Å²) >= 11 is 0.